The van der Waals surface area contributed by atoms with Crippen LogP contribution in [0.2, 0.25) is 0 Å². The van der Waals surface area contributed by atoms with Crippen LogP contribution >= 0.6 is 0 Å². The van der Waals surface area contributed by atoms with Crippen LogP contribution in [0.1, 0.15) is 111 Å². The van der Waals surface area contributed by atoms with Gasteiger partial charge in [-0.1, -0.05) is 91.9 Å². The van der Waals surface area contributed by atoms with Gasteiger partial charge in [0.25, 0.3) is 0 Å². The fraction of sp³-hybridized carbons (Fsp3) is 1.00. The summed E-state index contributed by atoms with van der Waals surface area (Å²) in [6.45, 7) is 9.85. The molecule has 1 saturated heterocycles. The minimum atomic E-state index is 0.825. The average molecular weight is 362 g/mol. The zero-order valence-electron chi connectivity index (χ0n) is 18.3. The summed E-state index contributed by atoms with van der Waals surface area (Å²) in [6, 6.07) is 1.67. The lowest BCUT2D eigenvalue weighted by Gasteiger charge is -2.41. The Morgan fingerprint density at radius 2 is 1.58 bits per heavy atom. The van der Waals surface area contributed by atoms with Gasteiger partial charge < -0.3 is 5.32 Å². The van der Waals surface area contributed by atoms with E-state index in [9.17, 15) is 0 Å². The number of rotatable bonds is 8. The summed E-state index contributed by atoms with van der Waals surface area (Å²) in [7, 11) is 0. The highest BCUT2D eigenvalue weighted by Crippen LogP contribution is 2.49. The Labute approximate surface area is 164 Å². The normalized spacial score (nSPS) is 37.0. The standard InChI is InChI=1S/C25H47N/c1-5-11-20(12-6-2)24-22-17-18(4)15-16-23(22)26-25(24)21(7-3)19-13-9-8-10-14-19/h18-26H,5-17H2,1-4H3. The minimum Gasteiger partial charge on any atom is -0.310 e. The van der Waals surface area contributed by atoms with Crippen molar-refractivity contribution in [3.8, 4) is 0 Å². The van der Waals surface area contributed by atoms with Crippen LogP contribution in [0.25, 0.3) is 0 Å². The molecule has 152 valence electrons. The fourth-order valence-corrected chi connectivity index (χ4v) is 7.45. The molecule has 1 N–H and O–H groups in total. The lowest BCUT2D eigenvalue weighted by atomic mass is 9.64. The van der Waals surface area contributed by atoms with Gasteiger partial charge >= 0.3 is 0 Å². The van der Waals surface area contributed by atoms with Crippen LogP contribution in [0.3, 0.4) is 0 Å². The van der Waals surface area contributed by atoms with E-state index in [0.717, 1.165) is 47.6 Å². The third-order valence-electron chi connectivity index (χ3n) is 8.53. The third-order valence-corrected chi connectivity index (χ3v) is 8.53. The van der Waals surface area contributed by atoms with Crippen LogP contribution in [0.5, 0.6) is 0 Å². The summed E-state index contributed by atoms with van der Waals surface area (Å²) >= 11 is 0. The fourth-order valence-electron chi connectivity index (χ4n) is 7.45. The lowest BCUT2D eigenvalue weighted by molar-refractivity contribution is 0.110. The third kappa shape index (κ3) is 4.50. The second-order valence-corrected chi connectivity index (χ2v) is 10.3. The first-order chi connectivity index (χ1) is 12.7. The Kier molecular flexibility index (Phi) is 7.91. The molecule has 1 aliphatic heterocycles. The predicted octanol–water partition coefficient (Wildman–Crippen LogP) is 7.20. The molecule has 0 aromatic carbocycles. The minimum absolute atomic E-state index is 0.825. The molecule has 6 unspecified atom stereocenters. The van der Waals surface area contributed by atoms with Gasteiger partial charge in [0, 0.05) is 12.1 Å². The number of nitrogens with one attached hydrogen (secondary N) is 1. The first kappa shape index (κ1) is 20.7. The summed E-state index contributed by atoms with van der Waals surface area (Å²) in [5, 5.41) is 4.31. The Morgan fingerprint density at radius 3 is 2.19 bits per heavy atom. The molecule has 2 saturated carbocycles. The molecule has 0 amide bonds. The molecule has 3 aliphatic rings. The zero-order valence-corrected chi connectivity index (χ0v) is 18.3. The van der Waals surface area contributed by atoms with E-state index in [1.165, 1.54) is 83.5 Å². The second kappa shape index (κ2) is 9.94. The van der Waals surface area contributed by atoms with E-state index in [0.29, 0.717) is 0 Å². The van der Waals surface area contributed by atoms with E-state index in [1.54, 1.807) is 0 Å². The summed E-state index contributed by atoms with van der Waals surface area (Å²) < 4.78 is 0. The zero-order chi connectivity index (χ0) is 18.5. The Morgan fingerprint density at radius 1 is 0.885 bits per heavy atom. The monoisotopic (exact) mass is 361 g/mol. The second-order valence-electron chi connectivity index (χ2n) is 10.3. The van der Waals surface area contributed by atoms with Gasteiger partial charge in [0.1, 0.15) is 0 Å². The molecule has 3 rings (SSSR count). The molecule has 1 nitrogen and oxygen atoms in total. The van der Waals surface area contributed by atoms with Crippen LogP contribution in [0, 0.1) is 35.5 Å². The molecule has 0 aromatic heterocycles. The maximum absolute atomic E-state index is 4.31. The van der Waals surface area contributed by atoms with Crippen molar-refractivity contribution in [2.75, 3.05) is 0 Å². The Balaban J connectivity index is 1.84. The number of hydrogen-bond donors (Lipinski definition) is 1. The smallest absolute Gasteiger partial charge is 0.0135 e. The van der Waals surface area contributed by atoms with Gasteiger partial charge in [-0.15, -0.1) is 0 Å². The van der Waals surface area contributed by atoms with Crippen molar-refractivity contribution in [1.82, 2.24) is 5.32 Å². The molecule has 1 heterocycles. The highest BCUT2D eigenvalue weighted by molar-refractivity contribution is 5.05. The topological polar surface area (TPSA) is 12.0 Å². The Hall–Kier alpha value is -0.0400. The van der Waals surface area contributed by atoms with Gasteiger partial charge in [-0.3, -0.25) is 0 Å². The van der Waals surface area contributed by atoms with E-state index >= 15 is 0 Å². The molecule has 1 heteroatoms. The van der Waals surface area contributed by atoms with E-state index in [2.05, 4.69) is 33.0 Å². The molecule has 0 radical (unpaired) electrons. The SMILES string of the molecule is CCCC(CCC)C1C2CC(C)CCC2NC1C(CC)C1CCCCC1. The molecule has 2 aliphatic carbocycles. The van der Waals surface area contributed by atoms with Gasteiger partial charge in [0.15, 0.2) is 0 Å². The quantitative estimate of drug-likeness (QED) is 0.482. The van der Waals surface area contributed by atoms with Crippen LogP contribution in [-0.2, 0) is 0 Å². The van der Waals surface area contributed by atoms with Gasteiger partial charge in [0.2, 0.25) is 0 Å². The van der Waals surface area contributed by atoms with Crippen molar-refractivity contribution < 1.29 is 0 Å². The van der Waals surface area contributed by atoms with Gasteiger partial charge in [0.05, 0.1) is 0 Å². The maximum atomic E-state index is 4.31. The van der Waals surface area contributed by atoms with E-state index in [4.69, 9.17) is 0 Å². The highest BCUT2D eigenvalue weighted by atomic mass is 15.0. The van der Waals surface area contributed by atoms with E-state index < -0.39 is 0 Å². The Bertz CT molecular complexity index is 393. The maximum Gasteiger partial charge on any atom is 0.0135 e. The van der Waals surface area contributed by atoms with Crippen LogP contribution < -0.4 is 5.32 Å². The van der Waals surface area contributed by atoms with Crippen molar-refractivity contribution in [1.29, 1.82) is 0 Å². The molecule has 26 heavy (non-hydrogen) atoms. The molecule has 0 spiro atoms. The van der Waals surface area contributed by atoms with Gasteiger partial charge in [-0.25, -0.2) is 0 Å². The first-order valence-electron chi connectivity index (χ1n) is 12.5. The summed E-state index contributed by atoms with van der Waals surface area (Å²) in [5.74, 6) is 5.82. The van der Waals surface area contributed by atoms with Crippen molar-refractivity contribution >= 4 is 0 Å². The average Bonchev–Trinajstić information content (AvgIpc) is 3.01. The molecular formula is C25H47N. The van der Waals surface area contributed by atoms with Crippen LogP contribution in [-0.4, -0.2) is 12.1 Å². The molecule has 6 atom stereocenters. The van der Waals surface area contributed by atoms with Crippen molar-refractivity contribution in [2.45, 2.75) is 123 Å². The van der Waals surface area contributed by atoms with Gasteiger partial charge in [-0.2, -0.15) is 0 Å². The molecular weight excluding hydrogens is 314 g/mol. The number of fused-ring (bicyclic) bond motifs is 1. The molecule has 0 bridgehead atoms. The predicted molar refractivity (Wildman–Crippen MR) is 114 cm³/mol. The highest BCUT2D eigenvalue weighted by Gasteiger charge is 2.50. The summed E-state index contributed by atoms with van der Waals surface area (Å²) in [4.78, 5) is 0. The summed E-state index contributed by atoms with van der Waals surface area (Å²) in [5.41, 5.74) is 0. The van der Waals surface area contributed by atoms with Crippen LogP contribution in [0.15, 0.2) is 0 Å². The largest absolute Gasteiger partial charge is 0.310 e. The summed E-state index contributed by atoms with van der Waals surface area (Å²) in [6.07, 6.45) is 19.0. The lowest BCUT2D eigenvalue weighted by Crippen LogP contribution is -2.43. The van der Waals surface area contributed by atoms with Crippen molar-refractivity contribution in [3.05, 3.63) is 0 Å². The molecule has 0 aromatic rings. The van der Waals surface area contributed by atoms with E-state index in [1.807, 2.05) is 0 Å². The first-order valence-corrected chi connectivity index (χ1v) is 12.5. The van der Waals surface area contributed by atoms with E-state index in [-0.39, 0.29) is 0 Å². The van der Waals surface area contributed by atoms with Crippen molar-refractivity contribution in [2.24, 2.45) is 35.5 Å². The van der Waals surface area contributed by atoms with Gasteiger partial charge in [-0.05, 0) is 54.8 Å². The van der Waals surface area contributed by atoms with Crippen molar-refractivity contribution in [3.63, 3.8) is 0 Å². The number of hydrogen-bond acceptors (Lipinski definition) is 1. The van der Waals surface area contributed by atoms with Crippen LogP contribution in [0.4, 0.5) is 0 Å². The molecule has 3 fully saturated rings.